The van der Waals surface area contributed by atoms with Gasteiger partial charge in [0.15, 0.2) is 5.78 Å². The van der Waals surface area contributed by atoms with E-state index < -0.39 is 0 Å². The molecule has 0 aromatic heterocycles. The van der Waals surface area contributed by atoms with E-state index in [4.69, 9.17) is 0 Å². The van der Waals surface area contributed by atoms with Gasteiger partial charge < -0.3 is 15.1 Å². The number of anilines is 1. The van der Waals surface area contributed by atoms with Gasteiger partial charge in [-0.15, -0.1) is 0 Å². The molecule has 1 aromatic rings. The summed E-state index contributed by atoms with van der Waals surface area (Å²) in [7, 11) is 0. The molecule has 0 spiro atoms. The van der Waals surface area contributed by atoms with Gasteiger partial charge in [0.2, 0.25) is 0 Å². The molecule has 30 heavy (non-hydrogen) atoms. The fourth-order valence-electron chi connectivity index (χ4n) is 4.29. The van der Waals surface area contributed by atoms with Crippen LogP contribution in [0.2, 0.25) is 0 Å². The fraction of sp³-hybridized carbons (Fsp3) is 0.600. The van der Waals surface area contributed by atoms with Crippen LogP contribution in [0.4, 0.5) is 10.5 Å². The zero-order chi connectivity index (χ0) is 21.9. The molecule has 1 aliphatic heterocycles. The fourth-order valence-corrected chi connectivity index (χ4v) is 4.29. The van der Waals surface area contributed by atoms with Crippen LogP contribution in [0.25, 0.3) is 0 Å². The molecule has 1 saturated heterocycles. The summed E-state index contributed by atoms with van der Waals surface area (Å²) in [4.78, 5) is 29.2. The Hall–Kier alpha value is -2.14. The SMILES string of the molecule is C=CC(=O)CCCCN(C(=O)Nc1cccc(C)c1)C1CCN(C(C)CCC)CC1. The molecule has 0 aliphatic carbocycles. The van der Waals surface area contributed by atoms with Crippen molar-refractivity contribution in [3.05, 3.63) is 42.5 Å². The van der Waals surface area contributed by atoms with E-state index in [1.165, 1.54) is 18.9 Å². The molecule has 1 aromatic carbocycles. The lowest BCUT2D eigenvalue weighted by Gasteiger charge is -2.40. The highest BCUT2D eigenvalue weighted by Crippen LogP contribution is 2.22. The first kappa shape index (κ1) is 24.1. The number of nitrogens with zero attached hydrogens (tertiary/aromatic N) is 2. The number of hydrogen-bond donors (Lipinski definition) is 1. The van der Waals surface area contributed by atoms with Gasteiger partial charge in [-0.3, -0.25) is 4.79 Å². The van der Waals surface area contributed by atoms with Gasteiger partial charge in [0.05, 0.1) is 0 Å². The van der Waals surface area contributed by atoms with Crippen molar-refractivity contribution >= 4 is 17.5 Å². The van der Waals surface area contributed by atoms with Crippen LogP contribution in [0.15, 0.2) is 36.9 Å². The van der Waals surface area contributed by atoms with Crippen molar-refractivity contribution in [2.75, 3.05) is 25.0 Å². The van der Waals surface area contributed by atoms with Crippen molar-refractivity contribution in [3.8, 4) is 0 Å². The van der Waals surface area contributed by atoms with Crippen LogP contribution >= 0.6 is 0 Å². The van der Waals surface area contributed by atoms with E-state index in [-0.39, 0.29) is 17.9 Å². The topological polar surface area (TPSA) is 52.7 Å². The van der Waals surface area contributed by atoms with Crippen LogP contribution in [-0.2, 0) is 4.79 Å². The van der Waals surface area contributed by atoms with Crippen LogP contribution in [0.5, 0.6) is 0 Å². The van der Waals surface area contributed by atoms with Crippen molar-refractivity contribution < 1.29 is 9.59 Å². The maximum Gasteiger partial charge on any atom is 0.322 e. The third kappa shape index (κ3) is 7.60. The molecule has 0 saturated carbocycles. The Morgan fingerprint density at radius 1 is 1.30 bits per heavy atom. The number of likely N-dealkylation sites (tertiary alicyclic amines) is 1. The second-order valence-electron chi connectivity index (χ2n) is 8.53. The number of carbonyl (C=O) groups is 2. The van der Waals surface area contributed by atoms with Crippen LogP contribution in [0.1, 0.15) is 64.4 Å². The minimum Gasteiger partial charge on any atom is -0.321 e. The standard InChI is InChI=1S/C25H39N3O2/c1-5-10-21(4)27-17-14-23(15-18-27)28(16-8-7-13-24(29)6-2)25(30)26-22-12-9-11-20(3)19-22/h6,9,11-12,19,21,23H,2,5,7-8,10,13-18H2,1,3-4H3,(H,26,30). The van der Waals surface area contributed by atoms with Crippen LogP contribution < -0.4 is 5.32 Å². The van der Waals surface area contributed by atoms with Gasteiger partial charge in [0.1, 0.15) is 0 Å². The largest absolute Gasteiger partial charge is 0.322 e. The number of hydrogen-bond acceptors (Lipinski definition) is 3. The summed E-state index contributed by atoms with van der Waals surface area (Å²) in [5.41, 5.74) is 1.96. The van der Waals surface area contributed by atoms with Crippen molar-refractivity contribution in [2.45, 2.75) is 77.8 Å². The van der Waals surface area contributed by atoms with E-state index in [0.717, 1.165) is 50.0 Å². The number of nitrogens with one attached hydrogen (secondary N) is 1. The molecular weight excluding hydrogens is 374 g/mol. The lowest BCUT2D eigenvalue weighted by molar-refractivity contribution is -0.114. The first-order chi connectivity index (χ1) is 14.4. The summed E-state index contributed by atoms with van der Waals surface area (Å²) in [5, 5.41) is 3.09. The molecule has 5 nitrogen and oxygen atoms in total. The molecule has 0 bridgehead atoms. The maximum atomic E-state index is 13.1. The predicted molar refractivity (Wildman–Crippen MR) is 125 cm³/mol. The van der Waals surface area contributed by atoms with Gasteiger partial charge in [-0.25, -0.2) is 4.79 Å². The molecule has 1 unspecified atom stereocenters. The molecule has 1 fully saturated rings. The molecule has 2 amide bonds. The Balaban J connectivity index is 1.98. The van der Waals surface area contributed by atoms with E-state index >= 15 is 0 Å². The summed E-state index contributed by atoms with van der Waals surface area (Å²) >= 11 is 0. The molecule has 5 heteroatoms. The van der Waals surface area contributed by atoms with Crippen molar-refractivity contribution in [2.24, 2.45) is 0 Å². The number of allylic oxidation sites excluding steroid dienone is 1. The number of aryl methyl sites for hydroxylation is 1. The van der Waals surface area contributed by atoms with Gasteiger partial charge in [-0.1, -0.05) is 32.1 Å². The average Bonchev–Trinajstić information content (AvgIpc) is 2.73. The van der Waals surface area contributed by atoms with Crippen molar-refractivity contribution in [1.29, 1.82) is 0 Å². The van der Waals surface area contributed by atoms with Gasteiger partial charge in [-0.05, 0) is 69.7 Å². The smallest absolute Gasteiger partial charge is 0.321 e. The van der Waals surface area contributed by atoms with Crippen LogP contribution in [0, 0.1) is 6.92 Å². The summed E-state index contributed by atoms with van der Waals surface area (Å²) in [5.74, 6) is 0.0731. The van der Waals surface area contributed by atoms with E-state index in [1.54, 1.807) is 0 Å². The second-order valence-corrected chi connectivity index (χ2v) is 8.53. The quantitative estimate of drug-likeness (QED) is 0.390. The summed E-state index contributed by atoms with van der Waals surface area (Å²) in [6.07, 6.45) is 7.93. The molecule has 2 rings (SSSR count). The van der Waals surface area contributed by atoms with E-state index in [0.29, 0.717) is 19.0 Å². The van der Waals surface area contributed by atoms with Crippen LogP contribution in [-0.4, -0.2) is 53.3 Å². The number of piperidine rings is 1. The Labute approximate surface area is 182 Å². The number of amides is 2. The van der Waals surface area contributed by atoms with Gasteiger partial charge in [0, 0.05) is 43.8 Å². The predicted octanol–water partition coefficient (Wildman–Crippen LogP) is 5.41. The first-order valence-corrected chi connectivity index (χ1v) is 11.5. The van der Waals surface area contributed by atoms with Gasteiger partial charge in [0.25, 0.3) is 0 Å². The Bertz CT molecular complexity index is 695. The van der Waals surface area contributed by atoms with Crippen molar-refractivity contribution in [1.82, 2.24) is 9.80 Å². The molecule has 1 atom stereocenters. The Morgan fingerprint density at radius 3 is 2.67 bits per heavy atom. The number of ketones is 1. The zero-order valence-corrected chi connectivity index (χ0v) is 19.0. The lowest BCUT2D eigenvalue weighted by Crippen LogP contribution is -2.50. The van der Waals surface area contributed by atoms with E-state index in [2.05, 4.69) is 30.6 Å². The van der Waals surface area contributed by atoms with Crippen LogP contribution in [0.3, 0.4) is 0 Å². The minimum absolute atomic E-state index is 0.0318. The average molecular weight is 414 g/mol. The Kier molecular flexibility index (Phi) is 10.1. The molecule has 1 heterocycles. The number of rotatable bonds is 11. The third-order valence-corrected chi connectivity index (χ3v) is 6.10. The molecule has 1 aliphatic rings. The summed E-state index contributed by atoms with van der Waals surface area (Å²) in [6, 6.07) is 8.73. The van der Waals surface area contributed by atoms with E-state index in [1.807, 2.05) is 36.1 Å². The normalized spacial score (nSPS) is 16.1. The first-order valence-electron chi connectivity index (χ1n) is 11.5. The van der Waals surface area contributed by atoms with Gasteiger partial charge >= 0.3 is 6.03 Å². The number of urea groups is 1. The Morgan fingerprint density at radius 2 is 2.03 bits per heavy atom. The lowest BCUT2D eigenvalue weighted by atomic mass is 10.00. The summed E-state index contributed by atoms with van der Waals surface area (Å²) < 4.78 is 0. The number of carbonyl (C=O) groups excluding carboxylic acids is 2. The highest BCUT2D eigenvalue weighted by Gasteiger charge is 2.29. The zero-order valence-electron chi connectivity index (χ0n) is 19.0. The van der Waals surface area contributed by atoms with Crippen molar-refractivity contribution in [3.63, 3.8) is 0 Å². The minimum atomic E-state index is -0.0318. The second kappa shape index (κ2) is 12.5. The highest BCUT2D eigenvalue weighted by molar-refractivity contribution is 5.90. The maximum absolute atomic E-state index is 13.1. The third-order valence-electron chi connectivity index (χ3n) is 6.10. The van der Waals surface area contributed by atoms with E-state index in [9.17, 15) is 9.59 Å². The van der Waals surface area contributed by atoms with Gasteiger partial charge in [-0.2, -0.15) is 0 Å². The monoisotopic (exact) mass is 413 g/mol. The molecular formula is C25H39N3O2. The highest BCUT2D eigenvalue weighted by atomic mass is 16.2. The molecule has 166 valence electrons. The number of benzene rings is 1. The summed E-state index contributed by atoms with van der Waals surface area (Å²) in [6.45, 7) is 12.9. The number of unbranched alkanes of at least 4 members (excludes halogenated alkanes) is 1. The molecule has 1 N–H and O–H groups in total. The molecule has 0 radical (unpaired) electrons.